The normalized spacial score (nSPS) is 17.2. The minimum Gasteiger partial charge on any atom is -0.384 e. The molecule has 1 aromatic heterocycles. The number of aryl methyl sites for hydroxylation is 1. The second-order valence-electron chi connectivity index (χ2n) is 7.00. The van der Waals surface area contributed by atoms with Crippen molar-refractivity contribution in [1.82, 2.24) is 14.6 Å². The van der Waals surface area contributed by atoms with Crippen LogP contribution in [0, 0.1) is 12.3 Å². The number of para-hydroxylation sites is 1. The predicted octanol–water partition coefficient (Wildman–Crippen LogP) is 2.20. The minimum atomic E-state index is -3.60. The maximum Gasteiger partial charge on any atom is 0.242 e. The van der Waals surface area contributed by atoms with Gasteiger partial charge in [-0.05, 0) is 38.9 Å². The zero-order chi connectivity index (χ0) is 18.1. The van der Waals surface area contributed by atoms with Crippen LogP contribution >= 0.6 is 12.4 Å². The zero-order valence-electron chi connectivity index (χ0n) is 15.5. The SMILES string of the molecule is COCC1(CNS(=O)(=O)c2c(C)n(C)c3ccccc23)CCNCC1.Cl. The standard InChI is InChI=1S/C18H27N3O3S.ClH/c1-14-17(15-6-4-5-7-16(15)21(14)2)25(22,23)20-12-18(13-24-3)8-10-19-11-9-18;/h4-7,19-20H,8-13H2,1-3H3;1H. The van der Waals surface area contributed by atoms with Gasteiger partial charge in [0.15, 0.2) is 0 Å². The molecule has 2 heterocycles. The summed E-state index contributed by atoms with van der Waals surface area (Å²) in [7, 11) is -0.0269. The largest absolute Gasteiger partial charge is 0.384 e. The summed E-state index contributed by atoms with van der Waals surface area (Å²) in [6, 6.07) is 7.61. The van der Waals surface area contributed by atoms with Crippen molar-refractivity contribution in [3.8, 4) is 0 Å². The number of hydrogen-bond donors (Lipinski definition) is 2. The molecule has 26 heavy (non-hydrogen) atoms. The van der Waals surface area contributed by atoms with E-state index in [0.29, 0.717) is 18.0 Å². The van der Waals surface area contributed by atoms with E-state index in [9.17, 15) is 8.42 Å². The fourth-order valence-corrected chi connectivity index (χ4v) is 5.41. The van der Waals surface area contributed by atoms with Gasteiger partial charge in [-0.3, -0.25) is 0 Å². The summed E-state index contributed by atoms with van der Waals surface area (Å²) in [4.78, 5) is 0.382. The first kappa shape index (κ1) is 21.2. The molecule has 8 heteroatoms. The van der Waals surface area contributed by atoms with Gasteiger partial charge in [0, 0.05) is 42.7 Å². The van der Waals surface area contributed by atoms with Gasteiger partial charge in [-0.2, -0.15) is 0 Å². The molecule has 1 aromatic carbocycles. The van der Waals surface area contributed by atoms with Crippen LogP contribution in [0.3, 0.4) is 0 Å². The average Bonchev–Trinajstić information content (AvgIpc) is 2.87. The van der Waals surface area contributed by atoms with E-state index < -0.39 is 10.0 Å². The molecule has 2 aromatic rings. The molecule has 0 saturated carbocycles. The van der Waals surface area contributed by atoms with Gasteiger partial charge in [0.05, 0.1) is 6.61 Å². The fourth-order valence-electron chi connectivity index (χ4n) is 3.78. The molecular weight excluding hydrogens is 374 g/mol. The first-order valence-corrected chi connectivity index (χ1v) is 10.1. The van der Waals surface area contributed by atoms with E-state index in [1.165, 1.54) is 0 Å². The summed E-state index contributed by atoms with van der Waals surface area (Å²) >= 11 is 0. The Morgan fingerprint density at radius 2 is 1.92 bits per heavy atom. The van der Waals surface area contributed by atoms with E-state index in [1.54, 1.807) is 7.11 Å². The maximum absolute atomic E-state index is 13.1. The van der Waals surface area contributed by atoms with Crippen LogP contribution in [0.15, 0.2) is 29.2 Å². The Hall–Kier alpha value is -1.12. The van der Waals surface area contributed by atoms with Gasteiger partial charge < -0.3 is 14.6 Å². The molecule has 2 N–H and O–H groups in total. The van der Waals surface area contributed by atoms with Gasteiger partial charge in [0.25, 0.3) is 0 Å². The van der Waals surface area contributed by atoms with E-state index >= 15 is 0 Å². The number of benzene rings is 1. The van der Waals surface area contributed by atoms with E-state index in [-0.39, 0.29) is 17.8 Å². The first-order chi connectivity index (χ1) is 11.9. The Morgan fingerprint density at radius 3 is 2.58 bits per heavy atom. The second kappa shape index (κ2) is 8.27. The van der Waals surface area contributed by atoms with Gasteiger partial charge in [0.2, 0.25) is 10.0 Å². The summed E-state index contributed by atoms with van der Waals surface area (Å²) in [5.74, 6) is 0. The molecule has 0 aliphatic carbocycles. The molecular formula is C18H28ClN3O3S. The number of nitrogens with zero attached hydrogens (tertiary/aromatic N) is 1. The third kappa shape index (κ3) is 3.92. The molecule has 0 amide bonds. The van der Waals surface area contributed by atoms with Crippen LogP contribution in [0.5, 0.6) is 0 Å². The monoisotopic (exact) mass is 401 g/mol. The van der Waals surface area contributed by atoms with Crippen LogP contribution in [-0.2, 0) is 21.8 Å². The Morgan fingerprint density at radius 1 is 1.27 bits per heavy atom. The summed E-state index contributed by atoms with van der Waals surface area (Å²) in [6.45, 7) is 4.58. The quantitative estimate of drug-likeness (QED) is 0.778. The molecule has 0 unspecified atom stereocenters. The van der Waals surface area contributed by atoms with Crippen molar-refractivity contribution in [3.05, 3.63) is 30.0 Å². The number of aromatic nitrogens is 1. The van der Waals surface area contributed by atoms with Gasteiger partial charge in [-0.25, -0.2) is 13.1 Å². The maximum atomic E-state index is 13.1. The van der Waals surface area contributed by atoms with Crippen LogP contribution < -0.4 is 10.0 Å². The molecule has 146 valence electrons. The van der Waals surface area contributed by atoms with Crippen molar-refractivity contribution in [2.24, 2.45) is 12.5 Å². The lowest BCUT2D eigenvalue weighted by Crippen LogP contribution is -2.47. The third-order valence-electron chi connectivity index (χ3n) is 5.36. The lowest BCUT2D eigenvalue weighted by atomic mass is 9.80. The highest BCUT2D eigenvalue weighted by atomic mass is 35.5. The van der Waals surface area contributed by atoms with Crippen LogP contribution in [0.4, 0.5) is 0 Å². The van der Waals surface area contributed by atoms with E-state index in [2.05, 4.69) is 10.0 Å². The molecule has 0 bridgehead atoms. The Kier molecular flexibility index (Phi) is 6.74. The third-order valence-corrected chi connectivity index (χ3v) is 6.94. The predicted molar refractivity (Wildman–Crippen MR) is 107 cm³/mol. The minimum absolute atomic E-state index is 0. The Labute approximate surface area is 161 Å². The zero-order valence-corrected chi connectivity index (χ0v) is 17.2. The number of fused-ring (bicyclic) bond motifs is 1. The lowest BCUT2D eigenvalue weighted by Gasteiger charge is -2.37. The number of ether oxygens (including phenoxy) is 1. The smallest absolute Gasteiger partial charge is 0.242 e. The summed E-state index contributed by atoms with van der Waals surface area (Å²) < 4.78 is 36.4. The highest BCUT2D eigenvalue weighted by Crippen LogP contribution is 2.31. The van der Waals surface area contributed by atoms with Gasteiger partial charge in [-0.1, -0.05) is 18.2 Å². The van der Waals surface area contributed by atoms with Crippen LogP contribution in [0.2, 0.25) is 0 Å². The van der Waals surface area contributed by atoms with Crippen LogP contribution in [0.1, 0.15) is 18.5 Å². The molecule has 1 aliphatic heterocycles. The molecule has 0 spiro atoms. The Bertz CT molecular complexity index is 852. The molecule has 1 fully saturated rings. The summed E-state index contributed by atoms with van der Waals surface area (Å²) in [5, 5.41) is 4.09. The summed E-state index contributed by atoms with van der Waals surface area (Å²) in [5.41, 5.74) is 1.53. The van der Waals surface area contributed by atoms with Gasteiger partial charge in [0.1, 0.15) is 4.90 Å². The van der Waals surface area contributed by atoms with Crippen LogP contribution in [-0.4, -0.2) is 46.3 Å². The van der Waals surface area contributed by atoms with E-state index in [1.807, 2.05) is 42.8 Å². The topological polar surface area (TPSA) is 72.4 Å². The van der Waals surface area contributed by atoms with Gasteiger partial charge >= 0.3 is 0 Å². The molecule has 1 saturated heterocycles. The molecule has 1 aliphatic rings. The highest BCUT2D eigenvalue weighted by molar-refractivity contribution is 7.89. The number of halogens is 1. The molecule has 0 atom stereocenters. The second-order valence-corrected chi connectivity index (χ2v) is 8.70. The number of nitrogens with one attached hydrogen (secondary N) is 2. The fraction of sp³-hybridized carbons (Fsp3) is 0.556. The molecule has 6 nitrogen and oxygen atoms in total. The summed E-state index contributed by atoms with van der Waals surface area (Å²) in [6.07, 6.45) is 1.80. The van der Waals surface area contributed by atoms with Gasteiger partial charge in [-0.15, -0.1) is 12.4 Å². The average molecular weight is 402 g/mol. The van der Waals surface area contributed by atoms with Crippen molar-refractivity contribution < 1.29 is 13.2 Å². The van der Waals surface area contributed by atoms with Crippen molar-refractivity contribution >= 4 is 33.3 Å². The number of hydrogen-bond acceptors (Lipinski definition) is 4. The van der Waals surface area contributed by atoms with E-state index in [4.69, 9.17) is 4.74 Å². The lowest BCUT2D eigenvalue weighted by molar-refractivity contribution is 0.0577. The number of sulfonamides is 1. The van der Waals surface area contributed by atoms with E-state index in [0.717, 1.165) is 42.5 Å². The number of piperidine rings is 1. The molecule has 3 rings (SSSR count). The first-order valence-electron chi connectivity index (χ1n) is 8.64. The van der Waals surface area contributed by atoms with Crippen molar-refractivity contribution in [3.63, 3.8) is 0 Å². The number of methoxy groups -OCH3 is 1. The Balaban J connectivity index is 0.00000243. The van der Waals surface area contributed by atoms with Crippen molar-refractivity contribution in [2.75, 3.05) is 33.4 Å². The van der Waals surface area contributed by atoms with Crippen molar-refractivity contribution in [2.45, 2.75) is 24.7 Å². The number of rotatable bonds is 6. The molecule has 0 radical (unpaired) electrons. The van der Waals surface area contributed by atoms with Crippen molar-refractivity contribution in [1.29, 1.82) is 0 Å². The van der Waals surface area contributed by atoms with Crippen LogP contribution in [0.25, 0.3) is 10.9 Å². The highest BCUT2D eigenvalue weighted by Gasteiger charge is 2.34.